The molecule has 0 aliphatic carbocycles. The van der Waals surface area contributed by atoms with Gasteiger partial charge in [0, 0.05) is 12.1 Å². The summed E-state index contributed by atoms with van der Waals surface area (Å²) in [4.78, 5) is 22.1. The zero-order valence-electron chi connectivity index (χ0n) is 10.8. The fourth-order valence-electron chi connectivity index (χ4n) is 2.05. The molecule has 1 aliphatic rings. The average Bonchev–Trinajstić information content (AvgIpc) is 2.40. The van der Waals surface area contributed by atoms with Crippen LogP contribution in [0.3, 0.4) is 0 Å². The summed E-state index contributed by atoms with van der Waals surface area (Å²) in [6, 6.07) is 5.80. The number of anilines is 1. The minimum Gasteiger partial charge on any atom is -0.335 e. The molecule has 8 heteroatoms. The van der Waals surface area contributed by atoms with Crippen molar-refractivity contribution in [2.24, 2.45) is 0 Å². The minimum absolute atomic E-state index is 0. The molecule has 110 valence electrons. The highest BCUT2D eigenvalue weighted by atomic mass is 35.5. The van der Waals surface area contributed by atoms with Crippen LogP contribution in [0.15, 0.2) is 24.3 Å². The van der Waals surface area contributed by atoms with Crippen LogP contribution in [0.25, 0.3) is 0 Å². The fraction of sp³-hybridized carbons (Fsp3) is 0.417. The van der Waals surface area contributed by atoms with Gasteiger partial charge in [-0.05, 0) is 32.0 Å². The van der Waals surface area contributed by atoms with Crippen molar-refractivity contribution in [3.8, 4) is 0 Å². The van der Waals surface area contributed by atoms with Gasteiger partial charge in [0.25, 0.3) is 5.69 Å². The van der Waals surface area contributed by atoms with Gasteiger partial charge < -0.3 is 16.0 Å². The van der Waals surface area contributed by atoms with Crippen molar-refractivity contribution in [2.45, 2.75) is 18.9 Å². The number of nitro benzene ring substituents is 1. The van der Waals surface area contributed by atoms with E-state index in [-0.39, 0.29) is 29.8 Å². The molecular formula is C12H17ClN4O3. The predicted molar refractivity (Wildman–Crippen MR) is 78.4 cm³/mol. The maximum atomic E-state index is 11.8. The number of rotatable bonds is 3. The van der Waals surface area contributed by atoms with Gasteiger partial charge in [0.05, 0.1) is 4.92 Å². The number of nitro groups is 1. The second-order valence-electron chi connectivity index (χ2n) is 4.40. The second kappa shape index (κ2) is 7.66. The van der Waals surface area contributed by atoms with E-state index in [9.17, 15) is 14.9 Å². The Hall–Kier alpha value is -1.86. The largest absolute Gasteiger partial charge is 0.335 e. The minimum atomic E-state index is -0.514. The summed E-state index contributed by atoms with van der Waals surface area (Å²) in [7, 11) is 0. The van der Waals surface area contributed by atoms with Crippen molar-refractivity contribution in [1.29, 1.82) is 0 Å². The standard InChI is InChI=1S/C12H16N4O3.ClH/c17-12(14-9-5-7-13-8-6-9)15-10-3-1-2-4-11(10)16(18)19;/h1-4,9,13H,5-8H2,(H2,14,15,17);1H. The van der Waals surface area contributed by atoms with Gasteiger partial charge in [0.2, 0.25) is 0 Å². The molecule has 0 unspecified atom stereocenters. The molecule has 0 aromatic heterocycles. The number of para-hydroxylation sites is 2. The lowest BCUT2D eigenvalue weighted by molar-refractivity contribution is -0.383. The Morgan fingerprint density at radius 1 is 1.30 bits per heavy atom. The van der Waals surface area contributed by atoms with Crippen molar-refractivity contribution >= 4 is 29.8 Å². The lowest BCUT2D eigenvalue weighted by Gasteiger charge is -2.23. The van der Waals surface area contributed by atoms with Crippen molar-refractivity contribution in [2.75, 3.05) is 18.4 Å². The maximum Gasteiger partial charge on any atom is 0.319 e. The molecule has 1 aromatic carbocycles. The SMILES string of the molecule is Cl.O=C(Nc1ccccc1[N+](=O)[O-])NC1CCNCC1. The van der Waals surface area contributed by atoms with E-state index in [1.807, 2.05) is 0 Å². The Bertz CT molecular complexity index is 478. The van der Waals surface area contributed by atoms with Gasteiger partial charge in [-0.2, -0.15) is 0 Å². The average molecular weight is 301 g/mol. The predicted octanol–water partition coefficient (Wildman–Crippen LogP) is 1.89. The molecular weight excluding hydrogens is 284 g/mol. The van der Waals surface area contributed by atoms with Gasteiger partial charge in [0.1, 0.15) is 5.69 Å². The summed E-state index contributed by atoms with van der Waals surface area (Å²) in [6.45, 7) is 1.74. The maximum absolute atomic E-state index is 11.8. The van der Waals surface area contributed by atoms with E-state index in [1.165, 1.54) is 12.1 Å². The Labute approximate surface area is 122 Å². The summed E-state index contributed by atoms with van der Waals surface area (Å²) in [6.07, 6.45) is 1.73. The number of hydrogen-bond donors (Lipinski definition) is 3. The van der Waals surface area contributed by atoms with Crippen molar-refractivity contribution in [1.82, 2.24) is 10.6 Å². The highest BCUT2D eigenvalue weighted by molar-refractivity contribution is 5.91. The summed E-state index contributed by atoms with van der Waals surface area (Å²) in [5.74, 6) is 0. The molecule has 0 bridgehead atoms. The van der Waals surface area contributed by atoms with E-state index >= 15 is 0 Å². The van der Waals surface area contributed by atoms with E-state index < -0.39 is 11.0 Å². The number of hydrogen-bond acceptors (Lipinski definition) is 4. The molecule has 0 saturated carbocycles. The number of amides is 2. The zero-order chi connectivity index (χ0) is 13.7. The fourth-order valence-corrected chi connectivity index (χ4v) is 2.05. The van der Waals surface area contributed by atoms with E-state index in [1.54, 1.807) is 12.1 Å². The van der Waals surface area contributed by atoms with Crippen LogP contribution in [0.5, 0.6) is 0 Å². The van der Waals surface area contributed by atoms with Gasteiger partial charge in [0.15, 0.2) is 0 Å². The van der Waals surface area contributed by atoms with Gasteiger partial charge in [-0.15, -0.1) is 12.4 Å². The van der Waals surface area contributed by atoms with Crippen LogP contribution in [0.1, 0.15) is 12.8 Å². The third-order valence-corrected chi connectivity index (χ3v) is 3.02. The van der Waals surface area contributed by atoms with E-state index in [2.05, 4.69) is 16.0 Å². The van der Waals surface area contributed by atoms with E-state index in [0.717, 1.165) is 25.9 Å². The third kappa shape index (κ3) is 4.36. The van der Waals surface area contributed by atoms with Gasteiger partial charge in [-0.3, -0.25) is 10.1 Å². The number of piperidine rings is 1. The van der Waals surface area contributed by atoms with E-state index in [4.69, 9.17) is 0 Å². The summed E-state index contributed by atoms with van der Waals surface area (Å²) in [5, 5.41) is 19.4. The normalized spacial score (nSPS) is 15.0. The molecule has 1 aromatic rings. The van der Waals surface area contributed by atoms with Crippen LogP contribution in [-0.4, -0.2) is 30.1 Å². The molecule has 0 spiro atoms. The number of urea groups is 1. The number of halogens is 1. The smallest absolute Gasteiger partial charge is 0.319 e. The second-order valence-corrected chi connectivity index (χ2v) is 4.40. The molecule has 3 N–H and O–H groups in total. The van der Waals surface area contributed by atoms with Crippen molar-refractivity contribution in [3.05, 3.63) is 34.4 Å². The molecule has 0 radical (unpaired) electrons. The first-order valence-corrected chi connectivity index (χ1v) is 6.18. The molecule has 1 aliphatic heterocycles. The summed E-state index contributed by atoms with van der Waals surface area (Å²) >= 11 is 0. The van der Waals surface area contributed by atoms with Crippen LogP contribution >= 0.6 is 12.4 Å². The van der Waals surface area contributed by atoms with Gasteiger partial charge in [-0.1, -0.05) is 12.1 Å². The van der Waals surface area contributed by atoms with Crippen LogP contribution in [0.4, 0.5) is 16.2 Å². The Kier molecular flexibility index (Phi) is 6.20. The van der Waals surface area contributed by atoms with Crippen molar-refractivity contribution in [3.63, 3.8) is 0 Å². The molecule has 1 heterocycles. The third-order valence-electron chi connectivity index (χ3n) is 3.02. The molecule has 7 nitrogen and oxygen atoms in total. The summed E-state index contributed by atoms with van der Waals surface area (Å²) in [5.41, 5.74) is 0.0990. The van der Waals surface area contributed by atoms with E-state index in [0.29, 0.717) is 0 Å². The number of nitrogens with zero attached hydrogens (tertiary/aromatic N) is 1. The van der Waals surface area contributed by atoms with Crippen LogP contribution in [0.2, 0.25) is 0 Å². The Balaban J connectivity index is 0.00000200. The molecule has 0 atom stereocenters. The lowest BCUT2D eigenvalue weighted by Crippen LogP contribution is -2.44. The number of carbonyl (C=O) groups is 1. The molecule has 2 rings (SSSR count). The number of benzene rings is 1. The molecule has 2 amide bonds. The monoisotopic (exact) mass is 300 g/mol. The van der Waals surface area contributed by atoms with Gasteiger partial charge >= 0.3 is 6.03 Å². The first-order chi connectivity index (χ1) is 9.16. The van der Waals surface area contributed by atoms with Gasteiger partial charge in [-0.25, -0.2) is 4.79 Å². The topological polar surface area (TPSA) is 96.3 Å². The molecule has 1 fully saturated rings. The summed E-state index contributed by atoms with van der Waals surface area (Å²) < 4.78 is 0. The highest BCUT2D eigenvalue weighted by Gasteiger charge is 2.18. The lowest BCUT2D eigenvalue weighted by atomic mass is 10.1. The quantitative estimate of drug-likeness (QED) is 0.586. The first-order valence-electron chi connectivity index (χ1n) is 6.18. The molecule has 20 heavy (non-hydrogen) atoms. The van der Waals surface area contributed by atoms with Crippen LogP contribution in [0, 0.1) is 10.1 Å². The zero-order valence-corrected chi connectivity index (χ0v) is 11.6. The molecule has 1 saturated heterocycles. The van der Waals surface area contributed by atoms with Crippen molar-refractivity contribution < 1.29 is 9.72 Å². The Morgan fingerprint density at radius 3 is 2.60 bits per heavy atom. The first kappa shape index (κ1) is 16.2. The number of nitrogens with one attached hydrogen (secondary N) is 3. The Morgan fingerprint density at radius 2 is 1.95 bits per heavy atom. The van der Waals surface area contributed by atoms with Crippen LogP contribution in [-0.2, 0) is 0 Å². The highest BCUT2D eigenvalue weighted by Crippen LogP contribution is 2.22. The van der Waals surface area contributed by atoms with Crippen LogP contribution < -0.4 is 16.0 Å². The number of carbonyl (C=O) groups excluding carboxylic acids is 1.